The maximum Gasteiger partial charge on any atom is 0.587 e. The Bertz CT molecular complexity index is 1340. The zero-order valence-corrected chi connectivity index (χ0v) is 22.2. The predicted octanol–water partition coefficient (Wildman–Crippen LogP) is 8.42. The number of benzene rings is 4. The molecule has 0 spiro atoms. The van der Waals surface area contributed by atoms with Crippen LogP contribution in [0.5, 0.6) is 23.0 Å². The van der Waals surface area contributed by atoms with E-state index in [0.717, 1.165) is 35.3 Å². The number of phosphoric ester groups is 1. The average molecular weight is 519 g/mol. The van der Waals surface area contributed by atoms with Crippen molar-refractivity contribution in [3.05, 3.63) is 97.1 Å². The Hall–Kier alpha value is -3.73. The number of unbranched alkanes of at least 4 members (excludes halogenated alkanes) is 1. The molecule has 192 valence electrons. The molecule has 37 heavy (non-hydrogen) atoms. The van der Waals surface area contributed by atoms with Crippen LogP contribution < -0.4 is 18.5 Å². The van der Waals surface area contributed by atoms with Gasteiger partial charge in [-0.15, -0.1) is 0 Å². The van der Waals surface area contributed by atoms with E-state index < -0.39 is 7.82 Å². The summed E-state index contributed by atoms with van der Waals surface area (Å²) in [5.74, 6) is 2.21. The van der Waals surface area contributed by atoms with E-state index in [-0.39, 0.29) is 6.61 Å². The summed E-state index contributed by atoms with van der Waals surface area (Å²) in [7, 11) is -0.715. The van der Waals surface area contributed by atoms with Gasteiger partial charge in [-0.1, -0.05) is 67.9 Å². The van der Waals surface area contributed by atoms with Gasteiger partial charge in [0.25, 0.3) is 0 Å². The Kier molecular flexibility index (Phi) is 8.89. The summed E-state index contributed by atoms with van der Waals surface area (Å²) in [6, 6.07) is 30.0. The SMILES string of the molecule is CCCCOP(=O)(Oc1ccccc1)Oc1ccccc1-c1ccc(-c2ccc(OC)cc2)cc1OC. The maximum atomic E-state index is 13.7. The molecule has 4 rings (SSSR count). The van der Waals surface area contributed by atoms with E-state index in [0.29, 0.717) is 22.8 Å². The van der Waals surface area contributed by atoms with Crippen molar-refractivity contribution < 1.29 is 27.6 Å². The van der Waals surface area contributed by atoms with E-state index in [9.17, 15) is 4.57 Å². The molecule has 1 atom stereocenters. The largest absolute Gasteiger partial charge is 0.587 e. The molecular weight excluding hydrogens is 487 g/mol. The van der Waals surface area contributed by atoms with E-state index >= 15 is 0 Å². The summed E-state index contributed by atoms with van der Waals surface area (Å²) in [4.78, 5) is 0. The summed E-state index contributed by atoms with van der Waals surface area (Å²) in [5, 5.41) is 0. The monoisotopic (exact) mass is 518 g/mol. The normalized spacial score (nSPS) is 12.4. The van der Waals surface area contributed by atoms with Crippen molar-refractivity contribution in [3.8, 4) is 45.3 Å². The molecule has 0 aromatic heterocycles. The minimum Gasteiger partial charge on any atom is -0.497 e. The molecular formula is C30H31O6P. The van der Waals surface area contributed by atoms with Gasteiger partial charge >= 0.3 is 7.82 Å². The van der Waals surface area contributed by atoms with Gasteiger partial charge in [0.05, 0.1) is 20.8 Å². The van der Waals surface area contributed by atoms with Crippen molar-refractivity contribution in [2.45, 2.75) is 19.8 Å². The summed E-state index contributed by atoms with van der Waals surface area (Å²) >= 11 is 0. The number of hydrogen-bond acceptors (Lipinski definition) is 6. The molecule has 0 bridgehead atoms. The van der Waals surface area contributed by atoms with Crippen LogP contribution in [0.4, 0.5) is 0 Å². The zero-order chi connectivity index (χ0) is 26.1. The molecule has 0 amide bonds. The Morgan fingerprint density at radius 2 is 1.32 bits per heavy atom. The number of rotatable bonds is 12. The lowest BCUT2D eigenvalue weighted by atomic mass is 9.98. The third-order valence-corrected chi connectivity index (χ3v) is 7.07. The van der Waals surface area contributed by atoms with Crippen LogP contribution in [0.2, 0.25) is 0 Å². The van der Waals surface area contributed by atoms with Crippen LogP contribution in [0.15, 0.2) is 97.1 Å². The molecule has 1 unspecified atom stereocenters. The topological polar surface area (TPSA) is 63.2 Å². The van der Waals surface area contributed by atoms with E-state index in [1.165, 1.54) is 0 Å². The molecule has 6 nitrogen and oxygen atoms in total. The summed E-state index contributed by atoms with van der Waals surface area (Å²) in [6.45, 7) is 2.28. The Morgan fingerprint density at radius 3 is 2.03 bits per heavy atom. The first-order chi connectivity index (χ1) is 18.0. The highest BCUT2D eigenvalue weighted by Gasteiger charge is 2.32. The van der Waals surface area contributed by atoms with Gasteiger partial charge < -0.3 is 18.5 Å². The van der Waals surface area contributed by atoms with Crippen molar-refractivity contribution in [2.75, 3.05) is 20.8 Å². The lowest BCUT2D eigenvalue weighted by Gasteiger charge is -2.21. The van der Waals surface area contributed by atoms with Gasteiger partial charge in [-0.25, -0.2) is 4.57 Å². The number of ether oxygens (including phenoxy) is 2. The van der Waals surface area contributed by atoms with Crippen molar-refractivity contribution in [1.82, 2.24) is 0 Å². The number of hydrogen-bond donors (Lipinski definition) is 0. The molecule has 0 aliphatic carbocycles. The first-order valence-electron chi connectivity index (χ1n) is 12.2. The van der Waals surface area contributed by atoms with Gasteiger partial charge in [-0.3, -0.25) is 4.52 Å². The third kappa shape index (κ3) is 6.73. The molecule has 0 aliphatic heterocycles. The second kappa shape index (κ2) is 12.5. The van der Waals surface area contributed by atoms with Gasteiger partial charge in [0.2, 0.25) is 0 Å². The molecule has 0 fully saturated rings. The summed E-state index contributed by atoms with van der Waals surface area (Å²) in [5.41, 5.74) is 3.51. The smallest absolute Gasteiger partial charge is 0.497 e. The lowest BCUT2D eigenvalue weighted by Crippen LogP contribution is -2.07. The molecule has 0 aliphatic rings. The van der Waals surface area contributed by atoms with Crippen LogP contribution >= 0.6 is 7.82 Å². The van der Waals surface area contributed by atoms with Crippen LogP contribution in [0, 0.1) is 0 Å². The van der Waals surface area contributed by atoms with Crippen molar-refractivity contribution >= 4 is 7.82 Å². The van der Waals surface area contributed by atoms with Gasteiger partial charge in [-0.05, 0) is 60.0 Å². The van der Waals surface area contributed by atoms with Gasteiger partial charge in [-0.2, -0.15) is 0 Å². The molecule has 0 radical (unpaired) electrons. The highest BCUT2D eigenvalue weighted by Crippen LogP contribution is 2.52. The second-order valence-electron chi connectivity index (χ2n) is 8.27. The van der Waals surface area contributed by atoms with Crippen molar-refractivity contribution in [2.24, 2.45) is 0 Å². The Morgan fingerprint density at radius 1 is 0.649 bits per heavy atom. The molecule has 4 aromatic carbocycles. The molecule has 0 saturated heterocycles. The van der Waals surface area contributed by atoms with Gasteiger partial charge in [0.15, 0.2) is 0 Å². The Labute approximate surface area is 218 Å². The fourth-order valence-corrected chi connectivity index (χ4v) is 5.04. The predicted molar refractivity (Wildman–Crippen MR) is 147 cm³/mol. The fourth-order valence-electron chi connectivity index (χ4n) is 3.77. The lowest BCUT2D eigenvalue weighted by molar-refractivity contribution is 0.207. The summed E-state index contributed by atoms with van der Waals surface area (Å²) < 4.78 is 42.2. The van der Waals surface area contributed by atoms with Crippen LogP contribution in [0.1, 0.15) is 19.8 Å². The minimum absolute atomic E-state index is 0.253. The Balaban J connectivity index is 1.67. The number of para-hydroxylation sites is 2. The quantitative estimate of drug-likeness (QED) is 0.139. The maximum absolute atomic E-state index is 13.7. The first-order valence-corrected chi connectivity index (χ1v) is 13.6. The van der Waals surface area contributed by atoms with E-state index in [1.807, 2.05) is 73.7 Å². The average Bonchev–Trinajstić information content (AvgIpc) is 2.94. The van der Waals surface area contributed by atoms with Crippen molar-refractivity contribution in [3.63, 3.8) is 0 Å². The highest BCUT2D eigenvalue weighted by molar-refractivity contribution is 7.49. The van der Waals surface area contributed by atoms with Crippen LogP contribution in [0.3, 0.4) is 0 Å². The fraction of sp³-hybridized carbons (Fsp3) is 0.200. The van der Waals surface area contributed by atoms with Crippen LogP contribution in [-0.2, 0) is 9.09 Å². The van der Waals surface area contributed by atoms with E-state index in [4.69, 9.17) is 23.0 Å². The van der Waals surface area contributed by atoms with Crippen LogP contribution in [0.25, 0.3) is 22.3 Å². The van der Waals surface area contributed by atoms with E-state index in [2.05, 4.69) is 0 Å². The molecule has 0 N–H and O–H groups in total. The standard InChI is InChI=1S/C30H31O6P/c1-4-5-21-34-37(31,35-26-11-7-6-8-12-26)36-29-14-10-9-13-27(29)28-20-17-24(22-30(28)33-3)23-15-18-25(32-2)19-16-23/h6-20,22H,4-5,21H2,1-3H3. The van der Waals surface area contributed by atoms with Gasteiger partial charge in [0.1, 0.15) is 23.0 Å². The van der Waals surface area contributed by atoms with Crippen LogP contribution in [-0.4, -0.2) is 20.8 Å². The molecule has 4 aromatic rings. The molecule has 7 heteroatoms. The molecule has 0 heterocycles. The third-order valence-electron chi connectivity index (χ3n) is 5.72. The number of methoxy groups -OCH3 is 2. The highest BCUT2D eigenvalue weighted by atomic mass is 31.2. The van der Waals surface area contributed by atoms with Gasteiger partial charge in [0, 0.05) is 11.1 Å². The second-order valence-corrected chi connectivity index (χ2v) is 9.79. The van der Waals surface area contributed by atoms with Crippen molar-refractivity contribution in [1.29, 1.82) is 0 Å². The number of phosphoric acid groups is 1. The first kappa shape index (κ1) is 26.3. The molecule has 0 saturated carbocycles. The zero-order valence-electron chi connectivity index (χ0n) is 21.3. The minimum atomic E-state index is -3.98. The van der Waals surface area contributed by atoms with E-state index in [1.54, 1.807) is 44.6 Å². The summed E-state index contributed by atoms with van der Waals surface area (Å²) in [6.07, 6.45) is 1.62.